The number of cyclic esters (lactones) is 2. The Morgan fingerprint density at radius 3 is 2.20 bits per heavy atom. The second-order valence-electron chi connectivity index (χ2n) is 26.0. The van der Waals surface area contributed by atoms with Gasteiger partial charge in [0, 0.05) is 69.5 Å². The quantitative estimate of drug-likeness (QED) is 0.0424. The van der Waals surface area contributed by atoms with Crippen molar-refractivity contribution in [1.29, 1.82) is 0 Å². The first-order valence-electron chi connectivity index (χ1n) is 32.6. The Hall–Kier alpha value is -9.36. The molecule has 1 aromatic carbocycles. The molecule has 34 nitrogen and oxygen atoms in total. The summed E-state index contributed by atoms with van der Waals surface area (Å²) in [5, 5.41) is 68.3. The van der Waals surface area contributed by atoms with E-state index in [4.69, 9.17) is 49.1 Å². The molecule has 0 aliphatic carbocycles. The molecule has 105 heavy (non-hydrogen) atoms. The number of allylic oxidation sites excluding steroid dienone is 1. The molecule has 6 amide bonds. The van der Waals surface area contributed by atoms with Crippen LogP contribution < -0.4 is 32.3 Å². The number of hydrogen-bond acceptors (Lipinski definition) is 32. The lowest BCUT2D eigenvalue weighted by atomic mass is 9.85. The Labute approximate surface area is 618 Å². The SMILES string of the molecule is CO/C(C)=C1/NC(=O)[C@H]([C@@H](C)O)NC(=O)c2csc(n2)-c2cc(O)c(-c3nc(C(=O)NC(CN(C)CCN(C)C)C(N)=O)cs3)nc2-c2csc(n2)[C@@H]2COC(=O)c3c4c5c(cccc5n3O)COC(=O)[C@@H](O[C@H]3C[C@](C)(O)[C@H](N(C)C)[C@H](C)O3)[C@@H](OC4)[C@H](NC(=O)c3csc1n3)c1nc(cs1)C(=O)N2. The second kappa shape index (κ2) is 31.0. The molecular formula is C66H74N16O18S5. The third-order valence-corrected chi connectivity index (χ3v) is 22.3. The van der Waals surface area contributed by atoms with E-state index in [9.17, 15) is 39.7 Å². The van der Waals surface area contributed by atoms with Crippen LogP contribution in [0.15, 0.2) is 56.9 Å². The number of aliphatic hydroxyl groups is 2. The number of thiazole rings is 5. The fourth-order valence-electron chi connectivity index (χ4n) is 12.7. The van der Waals surface area contributed by atoms with E-state index < -0.39 is 145 Å². The van der Waals surface area contributed by atoms with Crippen molar-refractivity contribution in [2.75, 3.05) is 68.6 Å². The Balaban J connectivity index is 1.01. The minimum atomic E-state index is -1.92. The average molecular weight is 1540 g/mol. The van der Waals surface area contributed by atoms with Gasteiger partial charge in [-0.15, -0.1) is 56.7 Å². The standard InChI is InChI=1S/C66H74N16O18S5/c1-27(83)44-58(90)77-45(28(2)95-10)61-72-39(26-103-61)57(89)78-48-50-51(100-42-17-66(4,93)52(80(7)8)29(3)99-42)65(92)97-19-30-12-11-13-40-43(30)32(20-96-50)49(82(40)94)64(91)98-21-34(69-55(87)37-25-105-63(48)74-37)60-70-35(22-102-60)46-31(59-71-38(23-101-59)56(88)76-44)16-41(84)47(75-46)62-73-36(24-104-62)54(86)68-33(53(67)85)18-81(9)15-14-79(5)6/h11-13,16,22-27,29,33-34,42,44,48,50-52,83-84,93-94H,14-15,17-21H2,1-10H3,(H2,67,85)(H,68,86)(H,69,87)(H,76,88)(H,77,90)(H,78,89)/b45-28+/t27-,29+,33?,34+,42+,44+,48+,50+,51+,52-,66+/m1/s1. The molecule has 11 N–H and O–H groups in total. The highest BCUT2D eigenvalue weighted by atomic mass is 32.1. The second-order valence-corrected chi connectivity index (χ2v) is 30.4. The summed E-state index contributed by atoms with van der Waals surface area (Å²) < 4.78 is 38.3. The number of nitrogens with one attached hydrogen (secondary N) is 5. The molecule has 1 unspecified atom stereocenters. The van der Waals surface area contributed by atoms with Crippen molar-refractivity contribution in [1.82, 2.24) is 75.9 Å². The average Bonchev–Trinajstić information content (AvgIpc) is 1.60. The zero-order valence-corrected chi connectivity index (χ0v) is 62.1. The monoisotopic (exact) mass is 1540 g/mol. The summed E-state index contributed by atoms with van der Waals surface area (Å²) in [6.45, 7) is 5.54. The van der Waals surface area contributed by atoms with Crippen LogP contribution in [0.3, 0.4) is 0 Å². The van der Waals surface area contributed by atoms with Crippen molar-refractivity contribution < 1.29 is 87.3 Å². The van der Waals surface area contributed by atoms with Gasteiger partial charge in [-0.2, -0.15) is 4.73 Å². The number of aliphatic hydroxyl groups excluding tert-OH is 1. The number of methoxy groups -OCH3 is 1. The lowest BCUT2D eigenvalue weighted by Crippen LogP contribution is -2.62. The molecule has 0 saturated carbocycles. The minimum absolute atomic E-state index is 0.0117. The largest absolute Gasteiger partial charge is 0.506 e. The molecule has 12 rings (SSSR count). The number of aromatic hydroxyl groups is 1. The van der Waals surface area contributed by atoms with E-state index in [-0.39, 0.29) is 111 Å². The normalized spacial score (nSPS) is 23.7. The van der Waals surface area contributed by atoms with E-state index in [1.54, 1.807) is 52.0 Å². The summed E-state index contributed by atoms with van der Waals surface area (Å²) in [6, 6.07) is -0.461. The molecule has 8 aromatic rings. The van der Waals surface area contributed by atoms with Gasteiger partial charge in [-0.25, -0.2) is 39.5 Å². The summed E-state index contributed by atoms with van der Waals surface area (Å²) in [5.74, 6) is -7.93. The number of rotatable bonds is 14. The van der Waals surface area contributed by atoms with Gasteiger partial charge in [0.15, 0.2) is 18.1 Å². The number of ether oxygens (including phenoxy) is 6. The van der Waals surface area contributed by atoms with Gasteiger partial charge in [0.05, 0.1) is 43.1 Å². The van der Waals surface area contributed by atoms with E-state index in [1.807, 2.05) is 23.9 Å². The van der Waals surface area contributed by atoms with Crippen LogP contribution in [0.25, 0.3) is 49.3 Å². The number of esters is 2. The highest BCUT2D eigenvalue weighted by Crippen LogP contribution is 2.43. The fraction of sp³-hybridized carbons (Fsp3) is 0.424. The maximum absolute atomic E-state index is 15.2. The molecule has 7 aromatic heterocycles. The number of likely N-dealkylation sites (N-methyl/N-ethyl adjacent to an activating group) is 3. The number of carbonyl (C=O) groups excluding carboxylic acids is 8. The van der Waals surface area contributed by atoms with Gasteiger partial charge in [0.2, 0.25) is 11.8 Å². The number of benzene rings is 1. The molecular weight excluding hydrogens is 1470 g/mol. The molecule has 4 aliphatic heterocycles. The fourth-order valence-corrected chi connectivity index (χ4v) is 16.9. The van der Waals surface area contributed by atoms with Crippen LogP contribution in [0.1, 0.15) is 125 Å². The molecule has 11 atom stereocenters. The van der Waals surface area contributed by atoms with Crippen LogP contribution in [0.4, 0.5) is 0 Å². The Morgan fingerprint density at radius 1 is 0.829 bits per heavy atom. The summed E-state index contributed by atoms with van der Waals surface area (Å²) >= 11 is 4.53. The number of amides is 6. The first-order chi connectivity index (χ1) is 50.0. The van der Waals surface area contributed by atoms with Crippen LogP contribution in [0.2, 0.25) is 0 Å². The number of aromatic nitrogens is 7. The van der Waals surface area contributed by atoms with Crippen LogP contribution >= 0.6 is 56.7 Å². The molecule has 4 aliphatic rings. The van der Waals surface area contributed by atoms with Gasteiger partial charge in [-0.3, -0.25) is 28.8 Å². The number of primary amides is 1. The van der Waals surface area contributed by atoms with Crippen molar-refractivity contribution in [3.05, 3.63) is 112 Å². The first-order valence-corrected chi connectivity index (χ1v) is 37.0. The van der Waals surface area contributed by atoms with Crippen molar-refractivity contribution in [2.24, 2.45) is 5.73 Å². The number of pyridine rings is 1. The molecule has 1 fully saturated rings. The molecule has 39 heteroatoms. The molecule has 12 bridgehead atoms. The van der Waals surface area contributed by atoms with Gasteiger partial charge >= 0.3 is 11.9 Å². The lowest BCUT2D eigenvalue weighted by molar-refractivity contribution is -0.280. The first kappa shape index (κ1) is 75.3. The van der Waals surface area contributed by atoms with E-state index >= 15 is 19.2 Å². The van der Waals surface area contributed by atoms with Gasteiger partial charge in [0.25, 0.3) is 23.6 Å². The summed E-state index contributed by atoms with van der Waals surface area (Å²) in [7, 11) is 10.4. The predicted octanol–water partition coefficient (Wildman–Crippen LogP) is 3.24. The van der Waals surface area contributed by atoms with E-state index in [0.29, 0.717) is 23.4 Å². The third-order valence-electron chi connectivity index (χ3n) is 17.8. The third kappa shape index (κ3) is 15.8. The Kier molecular flexibility index (Phi) is 22.2. The molecule has 11 heterocycles. The predicted molar refractivity (Wildman–Crippen MR) is 381 cm³/mol. The molecule has 0 radical (unpaired) electrons. The zero-order valence-electron chi connectivity index (χ0n) is 58.0. The number of fused-ring (bicyclic) bond motifs is 15. The van der Waals surface area contributed by atoms with Crippen LogP contribution in [-0.4, -0.2) is 240 Å². The number of nitrogens with zero attached hydrogens (tertiary/aromatic N) is 10. The maximum atomic E-state index is 15.2. The van der Waals surface area contributed by atoms with E-state index in [0.717, 1.165) is 56.7 Å². The van der Waals surface area contributed by atoms with Crippen molar-refractivity contribution in [3.63, 3.8) is 0 Å². The van der Waals surface area contributed by atoms with E-state index in [1.165, 1.54) is 60.0 Å². The number of hydrogen-bond donors (Lipinski definition) is 10. The van der Waals surface area contributed by atoms with Crippen LogP contribution in [-0.2, 0) is 56.0 Å². The lowest BCUT2D eigenvalue weighted by Gasteiger charge is -2.48. The van der Waals surface area contributed by atoms with Gasteiger partial charge in [-0.05, 0) is 80.6 Å². The highest BCUT2D eigenvalue weighted by molar-refractivity contribution is 7.14. The zero-order chi connectivity index (χ0) is 75.2. The summed E-state index contributed by atoms with van der Waals surface area (Å²) in [5.41, 5.74) is 3.01. The van der Waals surface area contributed by atoms with Gasteiger partial charge in [-0.1, -0.05) is 12.1 Å². The summed E-state index contributed by atoms with van der Waals surface area (Å²) in [4.78, 5) is 150. The van der Waals surface area contributed by atoms with Crippen molar-refractivity contribution >= 4 is 121 Å². The number of nitrogens with two attached hydrogens (primary N) is 1. The molecule has 0 spiro atoms. The number of carbonyl (C=O) groups is 8. The van der Waals surface area contributed by atoms with Crippen molar-refractivity contribution in [3.8, 4) is 38.4 Å². The Morgan fingerprint density at radius 2 is 1.50 bits per heavy atom. The van der Waals surface area contributed by atoms with E-state index in [2.05, 4.69) is 41.5 Å². The highest BCUT2D eigenvalue weighted by Gasteiger charge is 2.50. The van der Waals surface area contributed by atoms with Crippen LogP contribution in [0.5, 0.6) is 5.75 Å². The van der Waals surface area contributed by atoms with Crippen molar-refractivity contribution in [2.45, 2.75) is 114 Å². The van der Waals surface area contributed by atoms with Crippen LogP contribution in [0, 0.1) is 0 Å². The molecule has 556 valence electrons. The Bertz CT molecular complexity index is 4730. The minimum Gasteiger partial charge on any atom is -0.506 e. The van der Waals surface area contributed by atoms with Gasteiger partial charge < -0.3 is 96.0 Å². The summed E-state index contributed by atoms with van der Waals surface area (Å²) in [6.07, 6.45) is -7.57. The topological polar surface area (TPSA) is 451 Å². The van der Waals surface area contributed by atoms with Gasteiger partial charge in [0.1, 0.15) is 126 Å². The maximum Gasteiger partial charge on any atom is 0.358 e. The smallest absolute Gasteiger partial charge is 0.358 e. The molecule has 1 saturated heterocycles.